The number of carbonyl (C=O) groups excluding carboxylic acids is 1. The van der Waals surface area contributed by atoms with Gasteiger partial charge >= 0.3 is 0 Å². The summed E-state index contributed by atoms with van der Waals surface area (Å²) in [7, 11) is 0. The topological polar surface area (TPSA) is 84.7 Å². The molecule has 2 aromatic heterocycles. The van der Waals surface area contributed by atoms with Gasteiger partial charge in [0.2, 0.25) is 5.91 Å². The first-order valence-electron chi connectivity index (χ1n) is 10.5. The molecule has 2 heterocycles. The van der Waals surface area contributed by atoms with Gasteiger partial charge in [0, 0.05) is 25.2 Å². The average Bonchev–Trinajstić information content (AvgIpc) is 3.12. The van der Waals surface area contributed by atoms with E-state index in [0.29, 0.717) is 22.2 Å². The molecule has 0 aliphatic heterocycles. The lowest BCUT2D eigenvalue weighted by atomic mass is 10.1. The number of H-pyrrole nitrogens is 1. The van der Waals surface area contributed by atoms with Crippen molar-refractivity contribution in [2.45, 2.75) is 33.2 Å². The number of nitrogens with one attached hydrogen (secondary N) is 2. The molecular weight excluding hydrogens is 422 g/mol. The lowest BCUT2D eigenvalue weighted by molar-refractivity contribution is -0.121. The Morgan fingerprint density at radius 3 is 2.59 bits per heavy atom. The third-order valence-electron chi connectivity index (χ3n) is 5.38. The number of carbonyl (C=O) groups is 1. The van der Waals surface area contributed by atoms with E-state index in [-0.39, 0.29) is 24.4 Å². The van der Waals surface area contributed by atoms with Crippen LogP contribution in [0.25, 0.3) is 16.6 Å². The molecule has 8 heteroatoms. The third kappa shape index (κ3) is 4.70. The number of fused-ring (bicyclic) bond motifs is 1. The highest BCUT2D eigenvalue weighted by Gasteiger charge is 2.08. The van der Waals surface area contributed by atoms with E-state index in [1.165, 1.54) is 4.57 Å². The molecule has 0 unspecified atom stereocenters. The molecule has 1 amide bonds. The van der Waals surface area contributed by atoms with Gasteiger partial charge in [-0.25, -0.2) is 4.68 Å². The minimum atomic E-state index is -0.181. The smallest absolute Gasteiger partial charge is 0.262 e. The normalized spacial score (nSPS) is 11.1. The largest absolute Gasteiger partial charge is 0.356 e. The summed E-state index contributed by atoms with van der Waals surface area (Å²) >= 11 is 5.29. The summed E-state index contributed by atoms with van der Waals surface area (Å²) in [6, 6.07) is 17.4. The van der Waals surface area contributed by atoms with Crippen molar-refractivity contribution < 1.29 is 4.79 Å². The molecule has 0 bridgehead atoms. The van der Waals surface area contributed by atoms with Gasteiger partial charge in [-0.15, -0.1) is 0 Å². The summed E-state index contributed by atoms with van der Waals surface area (Å²) in [5, 5.41) is 7.98. The van der Waals surface area contributed by atoms with Crippen molar-refractivity contribution in [2.24, 2.45) is 0 Å². The number of hydrogen-bond acceptors (Lipinski definition) is 4. The maximum atomic E-state index is 12.7. The lowest BCUT2D eigenvalue weighted by Gasteiger charge is -2.09. The van der Waals surface area contributed by atoms with E-state index in [0.717, 1.165) is 29.1 Å². The van der Waals surface area contributed by atoms with E-state index >= 15 is 0 Å². The van der Waals surface area contributed by atoms with Gasteiger partial charge in [-0.05, 0) is 68.4 Å². The summed E-state index contributed by atoms with van der Waals surface area (Å²) < 4.78 is 3.68. The minimum absolute atomic E-state index is 0.112. The fraction of sp³-hybridized carbons (Fsp3) is 0.250. The summed E-state index contributed by atoms with van der Waals surface area (Å²) in [6.45, 7) is 4.77. The van der Waals surface area contributed by atoms with Crippen LogP contribution >= 0.6 is 12.2 Å². The highest BCUT2D eigenvalue weighted by Crippen LogP contribution is 2.13. The van der Waals surface area contributed by atoms with Gasteiger partial charge in [-0.2, -0.15) is 5.10 Å². The van der Waals surface area contributed by atoms with Crippen molar-refractivity contribution in [1.82, 2.24) is 24.6 Å². The number of aryl methyl sites for hydroxylation is 2. The fourth-order valence-electron chi connectivity index (χ4n) is 3.74. The molecule has 2 aromatic carbocycles. The highest BCUT2D eigenvalue weighted by atomic mass is 32.1. The van der Waals surface area contributed by atoms with E-state index in [1.807, 2.05) is 61.0 Å². The molecule has 2 N–H and O–H groups in total. The number of benzene rings is 2. The highest BCUT2D eigenvalue weighted by molar-refractivity contribution is 7.71. The summed E-state index contributed by atoms with van der Waals surface area (Å²) in [5.41, 5.74) is 4.74. The van der Waals surface area contributed by atoms with Crippen LogP contribution in [0.3, 0.4) is 0 Å². The number of aromatic nitrogens is 4. The monoisotopic (exact) mass is 447 g/mol. The maximum absolute atomic E-state index is 12.7. The molecule has 4 rings (SSSR count). The van der Waals surface area contributed by atoms with Crippen molar-refractivity contribution >= 4 is 29.0 Å². The Labute approximate surface area is 190 Å². The first kappa shape index (κ1) is 21.7. The Morgan fingerprint density at radius 1 is 1.12 bits per heavy atom. The first-order valence-corrected chi connectivity index (χ1v) is 10.9. The SMILES string of the molecule is Cc1cc(C)n(-c2ccc(CCNC(=O)CCn3c(=S)[nH]c4ccccc4c3=O)cc2)n1. The zero-order valence-electron chi connectivity index (χ0n) is 18.1. The van der Waals surface area contributed by atoms with Gasteiger partial charge in [0.1, 0.15) is 0 Å². The fourth-order valence-corrected chi connectivity index (χ4v) is 4.03. The van der Waals surface area contributed by atoms with Crippen LogP contribution in [0, 0.1) is 18.6 Å². The number of hydrogen-bond donors (Lipinski definition) is 2. The molecule has 0 spiro atoms. The molecule has 0 saturated carbocycles. The maximum Gasteiger partial charge on any atom is 0.262 e. The molecule has 0 aliphatic rings. The Kier molecular flexibility index (Phi) is 6.32. The second-order valence-corrected chi connectivity index (χ2v) is 8.17. The number of aromatic amines is 1. The van der Waals surface area contributed by atoms with Crippen LogP contribution < -0.4 is 10.9 Å². The van der Waals surface area contributed by atoms with Crippen molar-refractivity contribution in [2.75, 3.05) is 6.54 Å². The van der Waals surface area contributed by atoms with Crippen LogP contribution in [0.5, 0.6) is 0 Å². The average molecular weight is 448 g/mol. The van der Waals surface area contributed by atoms with Gasteiger partial charge in [0.05, 0.1) is 22.3 Å². The standard InChI is InChI=1S/C24H25N5O2S/c1-16-15-17(2)29(27-16)19-9-7-18(8-10-19)11-13-25-22(30)12-14-28-23(31)20-5-3-4-6-21(20)26-24(28)32/h3-10,15H,11-14H2,1-2H3,(H,25,30)(H,26,32). The zero-order chi connectivity index (χ0) is 22.7. The Morgan fingerprint density at radius 2 is 1.88 bits per heavy atom. The number of nitrogens with zero attached hydrogens (tertiary/aromatic N) is 3. The molecule has 0 radical (unpaired) electrons. The molecule has 4 aromatic rings. The van der Waals surface area contributed by atoms with Crippen molar-refractivity contribution in [1.29, 1.82) is 0 Å². The van der Waals surface area contributed by atoms with E-state index in [1.54, 1.807) is 12.1 Å². The quantitative estimate of drug-likeness (QED) is 0.424. The molecule has 32 heavy (non-hydrogen) atoms. The van der Waals surface area contributed by atoms with Gasteiger partial charge in [0.25, 0.3) is 5.56 Å². The van der Waals surface area contributed by atoms with Crippen LogP contribution in [-0.4, -0.2) is 31.8 Å². The Bertz CT molecular complexity index is 1380. The van der Waals surface area contributed by atoms with Crippen LogP contribution in [-0.2, 0) is 17.8 Å². The molecule has 0 fully saturated rings. The molecule has 0 aliphatic carbocycles. The molecule has 0 atom stereocenters. The molecule has 0 saturated heterocycles. The Hall–Kier alpha value is -3.52. The van der Waals surface area contributed by atoms with E-state index in [2.05, 4.69) is 15.4 Å². The first-order chi connectivity index (χ1) is 15.4. The van der Waals surface area contributed by atoms with Crippen LogP contribution in [0.1, 0.15) is 23.4 Å². The zero-order valence-corrected chi connectivity index (χ0v) is 18.9. The van der Waals surface area contributed by atoms with Gasteiger partial charge in [-0.3, -0.25) is 14.2 Å². The molecule has 164 valence electrons. The second-order valence-electron chi connectivity index (χ2n) is 7.79. The molecule has 7 nitrogen and oxygen atoms in total. The second kappa shape index (κ2) is 9.32. The summed E-state index contributed by atoms with van der Waals surface area (Å²) in [5.74, 6) is -0.112. The van der Waals surface area contributed by atoms with Crippen molar-refractivity contribution in [3.8, 4) is 5.69 Å². The number of amides is 1. The molecular formula is C24H25N5O2S. The van der Waals surface area contributed by atoms with Gasteiger partial charge in [0.15, 0.2) is 4.77 Å². The number of rotatable bonds is 7. The van der Waals surface area contributed by atoms with Crippen LogP contribution in [0.4, 0.5) is 0 Å². The van der Waals surface area contributed by atoms with Crippen molar-refractivity contribution in [3.05, 3.63) is 86.7 Å². The number of para-hydroxylation sites is 1. The predicted octanol–water partition coefficient (Wildman–Crippen LogP) is 3.61. The lowest BCUT2D eigenvalue weighted by Crippen LogP contribution is -2.29. The van der Waals surface area contributed by atoms with E-state index in [9.17, 15) is 9.59 Å². The summed E-state index contributed by atoms with van der Waals surface area (Å²) in [4.78, 5) is 28.0. The Balaban J connectivity index is 1.30. The summed E-state index contributed by atoms with van der Waals surface area (Å²) in [6.07, 6.45) is 0.908. The van der Waals surface area contributed by atoms with Crippen LogP contribution in [0.15, 0.2) is 59.4 Å². The van der Waals surface area contributed by atoms with E-state index in [4.69, 9.17) is 12.2 Å². The third-order valence-corrected chi connectivity index (χ3v) is 5.70. The van der Waals surface area contributed by atoms with Crippen molar-refractivity contribution in [3.63, 3.8) is 0 Å². The van der Waals surface area contributed by atoms with Crippen LogP contribution in [0.2, 0.25) is 0 Å². The minimum Gasteiger partial charge on any atom is -0.356 e. The predicted molar refractivity (Wildman–Crippen MR) is 128 cm³/mol. The van der Waals surface area contributed by atoms with Gasteiger partial charge in [-0.1, -0.05) is 24.3 Å². The van der Waals surface area contributed by atoms with Gasteiger partial charge < -0.3 is 10.3 Å². The van der Waals surface area contributed by atoms with E-state index < -0.39 is 0 Å².